The van der Waals surface area contributed by atoms with E-state index in [-0.39, 0.29) is 5.97 Å². The van der Waals surface area contributed by atoms with Crippen LogP contribution >= 0.6 is 0 Å². The van der Waals surface area contributed by atoms with Crippen molar-refractivity contribution >= 4 is 11.9 Å². The Hall–Kier alpha value is -2.19. The Balaban J connectivity index is 0.000000441. The number of ether oxygens (including phenoxy) is 1. The summed E-state index contributed by atoms with van der Waals surface area (Å²) in [6.45, 7) is 2.80. The normalized spacial score (nSPS) is 10.2. The maximum atomic E-state index is 11.0. The number of hydrogen-bond donors (Lipinski definition) is 0. The minimum Gasteiger partial charge on any atom is -0.542 e. The molecule has 0 aliphatic rings. The molecule has 0 amide bonds. The number of alkyl halides is 3. The fourth-order valence-corrected chi connectivity index (χ4v) is 0.933. The third-order valence-corrected chi connectivity index (χ3v) is 1.75. The van der Waals surface area contributed by atoms with Crippen LogP contribution in [0.1, 0.15) is 13.3 Å². The number of rotatable bonds is 4. The largest absolute Gasteiger partial charge is 0.542 e. The van der Waals surface area contributed by atoms with E-state index < -0.39 is 12.1 Å². The molecule has 0 fully saturated rings. The van der Waals surface area contributed by atoms with Crippen LogP contribution in [0, 0.1) is 0 Å². The van der Waals surface area contributed by atoms with Gasteiger partial charge in [-0.05, 0) is 18.1 Å². The topological polar surface area (TPSA) is 83.2 Å². The summed E-state index contributed by atoms with van der Waals surface area (Å²) in [7, 11) is 0. The van der Waals surface area contributed by atoms with Gasteiger partial charge in [0.2, 0.25) is 0 Å². The van der Waals surface area contributed by atoms with Crippen molar-refractivity contribution < 1.29 is 37.3 Å². The lowest BCUT2D eigenvalue weighted by molar-refractivity contribution is -0.753. The molecule has 0 N–H and O–H groups in total. The van der Waals surface area contributed by atoms with Crippen LogP contribution in [0.2, 0.25) is 0 Å². The molecule has 0 aliphatic heterocycles. The summed E-state index contributed by atoms with van der Waals surface area (Å²) in [5.41, 5.74) is 0. The first-order valence-corrected chi connectivity index (χ1v) is 5.52. The molecule has 1 heterocycles. The lowest BCUT2D eigenvalue weighted by Crippen LogP contribution is -2.38. The van der Waals surface area contributed by atoms with Crippen molar-refractivity contribution in [1.82, 2.24) is 5.10 Å². The number of nitrogens with zero attached hydrogens (tertiary/aromatic N) is 2. The van der Waals surface area contributed by atoms with E-state index in [1.807, 2.05) is 18.3 Å². The van der Waals surface area contributed by atoms with E-state index in [9.17, 15) is 18.0 Å². The number of esters is 1. The fraction of sp³-hybridized carbons (Fsp3) is 0.455. The van der Waals surface area contributed by atoms with Crippen molar-refractivity contribution in [3.8, 4) is 0 Å². The van der Waals surface area contributed by atoms with Gasteiger partial charge in [-0.15, -0.1) is 0 Å². The number of aliphatic carboxylic acids is 1. The van der Waals surface area contributed by atoms with Crippen LogP contribution in [-0.4, -0.2) is 29.8 Å². The summed E-state index contributed by atoms with van der Waals surface area (Å²) < 4.78 is 38.0. The standard InChI is InChI=1S/C9H13N2O2.C2HF3O2/c1-2-13-9(12)5-8-11-7-4-3-6-10-11;3-2(4,5)1(6)7/h3-4,6-7H,2,5,8H2,1H3;(H,6,7)/q+1;/p-1. The third-order valence-electron chi connectivity index (χ3n) is 1.75. The molecule has 0 spiro atoms. The number of carboxylic acid groups (broad SMARTS) is 1. The number of carbonyl (C=O) groups excluding carboxylic acids is 2. The monoisotopic (exact) mass is 294 g/mol. The van der Waals surface area contributed by atoms with E-state index in [4.69, 9.17) is 14.6 Å². The van der Waals surface area contributed by atoms with E-state index in [1.54, 1.807) is 17.8 Å². The molecule has 0 radical (unpaired) electrons. The van der Waals surface area contributed by atoms with Crippen molar-refractivity contribution in [2.45, 2.75) is 26.1 Å². The lowest BCUT2D eigenvalue weighted by atomic mass is 10.4. The first kappa shape index (κ1) is 17.8. The molecule has 0 atom stereocenters. The molecular weight excluding hydrogens is 281 g/mol. The Morgan fingerprint density at radius 3 is 2.35 bits per heavy atom. The number of carbonyl (C=O) groups is 2. The van der Waals surface area contributed by atoms with E-state index in [0.717, 1.165) is 0 Å². The van der Waals surface area contributed by atoms with Gasteiger partial charge in [0.25, 0.3) is 0 Å². The van der Waals surface area contributed by atoms with E-state index in [2.05, 4.69) is 5.10 Å². The van der Waals surface area contributed by atoms with Crippen molar-refractivity contribution in [3.63, 3.8) is 0 Å². The number of aromatic nitrogens is 2. The van der Waals surface area contributed by atoms with Crippen LogP contribution in [0.5, 0.6) is 0 Å². The van der Waals surface area contributed by atoms with Crippen LogP contribution in [0.15, 0.2) is 24.5 Å². The van der Waals surface area contributed by atoms with Gasteiger partial charge in [0.05, 0.1) is 12.8 Å². The van der Waals surface area contributed by atoms with Crippen LogP contribution in [0.3, 0.4) is 0 Å². The van der Waals surface area contributed by atoms with Gasteiger partial charge >= 0.3 is 12.1 Å². The molecule has 0 aromatic carbocycles. The highest BCUT2D eigenvalue weighted by atomic mass is 19.4. The summed E-state index contributed by atoms with van der Waals surface area (Å²) in [5.74, 6) is -3.19. The first-order chi connectivity index (χ1) is 9.27. The van der Waals surface area contributed by atoms with Gasteiger partial charge in [-0.2, -0.15) is 13.2 Å². The van der Waals surface area contributed by atoms with Crippen LogP contribution in [-0.2, 0) is 20.9 Å². The second-order valence-electron chi connectivity index (χ2n) is 3.30. The molecule has 9 heteroatoms. The first-order valence-electron chi connectivity index (χ1n) is 5.52. The smallest absolute Gasteiger partial charge is 0.430 e. The molecule has 1 rings (SSSR count). The zero-order valence-corrected chi connectivity index (χ0v) is 10.6. The number of aryl methyl sites for hydroxylation is 1. The average Bonchev–Trinajstić information content (AvgIpc) is 2.37. The Morgan fingerprint density at radius 1 is 1.35 bits per heavy atom. The molecule has 0 bridgehead atoms. The maximum Gasteiger partial charge on any atom is 0.430 e. The molecule has 112 valence electrons. The van der Waals surface area contributed by atoms with E-state index in [0.29, 0.717) is 19.6 Å². The van der Waals surface area contributed by atoms with Crippen molar-refractivity contribution in [3.05, 3.63) is 24.5 Å². The van der Waals surface area contributed by atoms with Crippen molar-refractivity contribution in [2.24, 2.45) is 0 Å². The highest BCUT2D eigenvalue weighted by Gasteiger charge is 2.28. The lowest BCUT2D eigenvalue weighted by Gasteiger charge is -2.03. The van der Waals surface area contributed by atoms with E-state index in [1.165, 1.54) is 0 Å². The average molecular weight is 294 g/mol. The van der Waals surface area contributed by atoms with Gasteiger partial charge in [-0.1, -0.05) is 4.68 Å². The summed E-state index contributed by atoms with van der Waals surface area (Å²) in [4.78, 5) is 19.7. The zero-order valence-electron chi connectivity index (χ0n) is 10.6. The summed E-state index contributed by atoms with van der Waals surface area (Å²) in [6, 6.07) is 3.71. The molecule has 20 heavy (non-hydrogen) atoms. The van der Waals surface area contributed by atoms with Gasteiger partial charge in [0, 0.05) is 6.07 Å². The molecule has 6 nitrogen and oxygen atoms in total. The quantitative estimate of drug-likeness (QED) is 0.558. The second kappa shape index (κ2) is 8.83. The molecule has 1 aromatic heterocycles. The molecule has 0 saturated carbocycles. The summed E-state index contributed by atoms with van der Waals surface area (Å²) >= 11 is 0. The Labute approximate surface area is 112 Å². The zero-order chi connectivity index (χ0) is 15.6. The molecule has 1 aromatic rings. The van der Waals surface area contributed by atoms with Gasteiger partial charge in [0.1, 0.15) is 12.4 Å². The van der Waals surface area contributed by atoms with E-state index >= 15 is 0 Å². The second-order valence-corrected chi connectivity index (χ2v) is 3.30. The fourth-order valence-electron chi connectivity index (χ4n) is 0.933. The Kier molecular flexibility index (Phi) is 7.87. The number of hydrogen-bond acceptors (Lipinski definition) is 5. The third kappa shape index (κ3) is 8.84. The highest BCUT2D eigenvalue weighted by molar-refractivity contribution is 5.70. The summed E-state index contributed by atoms with van der Waals surface area (Å²) in [5, 5.41) is 12.8. The predicted molar refractivity (Wildman–Crippen MR) is 56.7 cm³/mol. The summed E-state index contributed by atoms with van der Waals surface area (Å²) in [6.07, 6.45) is -1.32. The van der Waals surface area contributed by atoms with Crippen molar-refractivity contribution in [1.29, 1.82) is 0 Å². The SMILES string of the molecule is CCOC(=O)CC[n+]1ccccn1.O=C([O-])C(F)(F)F. The number of carboxylic acids is 1. The van der Waals surface area contributed by atoms with Crippen molar-refractivity contribution in [2.75, 3.05) is 6.61 Å². The number of halogens is 3. The van der Waals surface area contributed by atoms with Gasteiger partial charge < -0.3 is 14.6 Å². The molecular formula is C11H13F3N2O4. The minimum atomic E-state index is -5.19. The Bertz CT molecular complexity index is 423. The Morgan fingerprint density at radius 2 is 1.95 bits per heavy atom. The molecule has 0 saturated heterocycles. The maximum absolute atomic E-state index is 11.0. The van der Waals surface area contributed by atoms with Crippen LogP contribution < -0.4 is 9.79 Å². The highest BCUT2D eigenvalue weighted by Crippen LogP contribution is 2.11. The van der Waals surface area contributed by atoms with Gasteiger partial charge in [-0.25, -0.2) is 0 Å². The van der Waals surface area contributed by atoms with Crippen LogP contribution in [0.4, 0.5) is 13.2 Å². The minimum absolute atomic E-state index is 0.180. The van der Waals surface area contributed by atoms with Crippen LogP contribution in [0.25, 0.3) is 0 Å². The predicted octanol–water partition coefficient (Wildman–Crippen LogP) is -0.379. The molecule has 0 aliphatic carbocycles. The van der Waals surface area contributed by atoms with Gasteiger partial charge in [-0.3, -0.25) is 4.79 Å². The van der Waals surface area contributed by atoms with Gasteiger partial charge in [0.15, 0.2) is 12.7 Å². The molecule has 0 unspecified atom stereocenters.